The number of anilines is 2. The van der Waals surface area contributed by atoms with Crippen LogP contribution in [0.25, 0.3) is 0 Å². The molecule has 1 atom stereocenters. The minimum Gasteiger partial charge on any atom is -0.457 e. The predicted octanol–water partition coefficient (Wildman–Crippen LogP) is 4.68. The molecule has 1 aliphatic rings. The van der Waals surface area contributed by atoms with E-state index in [1.807, 2.05) is 61.5 Å². The summed E-state index contributed by atoms with van der Waals surface area (Å²) in [6, 6.07) is 17.0. The first kappa shape index (κ1) is 24.1. The first-order valence-electron chi connectivity index (χ1n) is 11.6. The average Bonchev–Trinajstić information content (AvgIpc) is 3.22. The molecule has 0 bridgehead atoms. The smallest absolute Gasteiger partial charge is 0.237 e. The van der Waals surface area contributed by atoms with Crippen LogP contribution in [0.3, 0.4) is 0 Å². The lowest BCUT2D eigenvalue weighted by Gasteiger charge is -2.28. The van der Waals surface area contributed by atoms with E-state index in [9.17, 15) is 4.79 Å². The van der Waals surface area contributed by atoms with Gasteiger partial charge in [-0.25, -0.2) is 0 Å². The van der Waals surface area contributed by atoms with Gasteiger partial charge in [-0.3, -0.25) is 9.36 Å². The highest BCUT2D eigenvalue weighted by Crippen LogP contribution is 2.28. The third-order valence-corrected chi connectivity index (χ3v) is 6.37. The number of benzene rings is 2. The summed E-state index contributed by atoms with van der Waals surface area (Å²) >= 11 is 1.42. The quantitative estimate of drug-likeness (QED) is 0.444. The van der Waals surface area contributed by atoms with Crippen molar-refractivity contribution in [2.75, 3.05) is 36.5 Å². The SMILES string of the molecule is CC(C)Cn1c(SC(C)C(=O)Nc2ccc(Oc3ccccc3)cc2)nnc1N1CCOCC1. The van der Waals surface area contributed by atoms with Crippen molar-refractivity contribution in [2.45, 2.75) is 37.7 Å². The van der Waals surface area contributed by atoms with Crippen LogP contribution in [0, 0.1) is 5.92 Å². The summed E-state index contributed by atoms with van der Waals surface area (Å²) < 4.78 is 13.4. The Morgan fingerprint density at radius 1 is 1.03 bits per heavy atom. The maximum absolute atomic E-state index is 12.9. The Labute approximate surface area is 204 Å². The number of nitrogens with zero attached hydrogens (tertiary/aromatic N) is 4. The number of amides is 1. The van der Waals surface area contributed by atoms with E-state index in [0.29, 0.717) is 24.9 Å². The normalized spacial score (nSPS) is 14.8. The molecule has 8 nitrogen and oxygen atoms in total. The lowest BCUT2D eigenvalue weighted by atomic mass is 10.2. The fourth-order valence-electron chi connectivity index (χ4n) is 3.58. The molecule has 4 rings (SSSR count). The minimum absolute atomic E-state index is 0.0891. The summed E-state index contributed by atoms with van der Waals surface area (Å²) in [6.07, 6.45) is 0. The molecule has 0 aliphatic carbocycles. The minimum atomic E-state index is -0.340. The van der Waals surface area contributed by atoms with Gasteiger partial charge in [-0.05, 0) is 49.2 Å². The number of hydrogen-bond donors (Lipinski definition) is 1. The van der Waals surface area contributed by atoms with Gasteiger partial charge >= 0.3 is 0 Å². The number of para-hydroxylation sites is 1. The Bertz CT molecular complexity index is 1070. The molecule has 2 aromatic carbocycles. The predicted molar refractivity (Wildman–Crippen MR) is 135 cm³/mol. The third-order valence-electron chi connectivity index (χ3n) is 5.29. The van der Waals surface area contributed by atoms with Crippen LogP contribution in [-0.4, -0.2) is 52.2 Å². The molecule has 34 heavy (non-hydrogen) atoms. The summed E-state index contributed by atoms with van der Waals surface area (Å²) in [6.45, 7) is 9.96. The van der Waals surface area contributed by atoms with Crippen LogP contribution in [0.1, 0.15) is 20.8 Å². The molecule has 3 aromatic rings. The molecular weight excluding hydrogens is 450 g/mol. The summed E-state index contributed by atoms with van der Waals surface area (Å²) in [4.78, 5) is 15.1. The number of ether oxygens (including phenoxy) is 2. The zero-order chi connectivity index (χ0) is 23.9. The molecule has 1 N–H and O–H groups in total. The molecule has 1 amide bonds. The molecule has 180 valence electrons. The Balaban J connectivity index is 1.38. The molecular formula is C25H31N5O3S. The standard InChI is InChI=1S/C25H31N5O3S/c1-18(2)17-30-24(29-13-15-32-16-14-29)27-28-25(30)34-19(3)23(31)26-20-9-11-22(12-10-20)33-21-7-5-4-6-8-21/h4-12,18-19H,13-17H2,1-3H3,(H,26,31). The summed E-state index contributed by atoms with van der Waals surface area (Å²) in [5, 5.41) is 12.3. The molecule has 0 spiro atoms. The molecule has 0 radical (unpaired) electrons. The Morgan fingerprint density at radius 3 is 2.38 bits per heavy atom. The second-order valence-corrected chi connectivity index (χ2v) is 9.88. The molecule has 1 saturated heterocycles. The summed E-state index contributed by atoms with van der Waals surface area (Å²) in [5.74, 6) is 2.67. The van der Waals surface area contributed by atoms with Crippen LogP contribution in [0.4, 0.5) is 11.6 Å². The number of rotatable bonds is 9. The van der Waals surface area contributed by atoms with Gasteiger partial charge in [0.05, 0.1) is 18.5 Å². The van der Waals surface area contributed by atoms with Gasteiger partial charge in [0.2, 0.25) is 11.9 Å². The van der Waals surface area contributed by atoms with Gasteiger partial charge in [0.1, 0.15) is 11.5 Å². The van der Waals surface area contributed by atoms with Crippen LogP contribution >= 0.6 is 11.8 Å². The Hall–Kier alpha value is -3.04. The van der Waals surface area contributed by atoms with Crippen molar-refractivity contribution in [3.63, 3.8) is 0 Å². The number of carbonyl (C=O) groups is 1. The molecule has 1 fully saturated rings. The summed E-state index contributed by atoms with van der Waals surface area (Å²) in [7, 11) is 0. The Morgan fingerprint density at radius 2 is 1.71 bits per heavy atom. The Kier molecular flexibility index (Phi) is 8.08. The maximum Gasteiger partial charge on any atom is 0.237 e. The van der Waals surface area contributed by atoms with E-state index in [4.69, 9.17) is 9.47 Å². The summed E-state index contributed by atoms with van der Waals surface area (Å²) in [5.41, 5.74) is 0.718. The van der Waals surface area contributed by atoms with E-state index >= 15 is 0 Å². The largest absolute Gasteiger partial charge is 0.457 e. The topological polar surface area (TPSA) is 81.5 Å². The highest BCUT2D eigenvalue weighted by atomic mass is 32.2. The average molecular weight is 482 g/mol. The fraction of sp³-hybridized carbons (Fsp3) is 0.400. The molecule has 9 heteroatoms. The van der Waals surface area contributed by atoms with Gasteiger partial charge in [0.25, 0.3) is 0 Å². The van der Waals surface area contributed by atoms with E-state index in [-0.39, 0.29) is 11.2 Å². The van der Waals surface area contributed by atoms with Crippen LogP contribution in [0.5, 0.6) is 11.5 Å². The van der Waals surface area contributed by atoms with Crippen molar-refractivity contribution in [1.29, 1.82) is 0 Å². The zero-order valence-electron chi connectivity index (χ0n) is 19.8. The lowest BCUT2D eigenvalue weighted by molar-refractivity contribution is -0.115. The van der Waals surface area contributed by atoms with Gasteiger partial charge in [-0.15, -0.1) is 10.2 Å². The number of thioether (sulfide) groups is 1. The molecule has 1 unspecified atom stereocenters. The van der Waals surface area contributed by atoms with Crippen molar-refractivity contribution in [2.24, 2.45) is 5.92 Å². The number of carbonyl (C=O) groups excluding carboxylic acids is 1. The van der Waals surface area contributed by atoms with Gasteiger partial charge < -0.3 is 19.7 Å². The lowest BCUT2D eigenvalue weighted by Crippen LogP contribution is -2.38. The molecule has 0 saturated carbocycles. The van der Waals surface area contributed by atoms with Gasteiger partial charge in [-0.1, -0.05) is 43.8 Å². The van der Waals surface area contributed by atoms with E-state index in [2.05, 4.69) is 38.8 Å². The number of hydrogen-bond acceptors (Lipinski definition) is 7. The van der Waals surface area contributed by atoms with Gasteiger partial charge in [0, 0.05) is 25.3 Å². The van der Waals surface area contributed by atoms with Gasteiger partial charge in [-0.2, -0.15) is 0 Å². The van der Waals surface area contributed by atoms with Crippen molar-refractivity contribution in [3.05, 3.63) is 54.6 Å². The number of nitrogens with one attached hydrogen (secondary N) is 1. The van der Waals surface area contributed by atoms with E-state index < -0.39 is 0 Å². The highest BCUT2D eigenvalue weighted by molar-refractivity contribution is 8.00. The van der Waals surface area contributed by atoms with Crippen molar-refractivity contribution in [3.8, 4) is 11.5 Å². The van der Waals surface area contributed by atoms with Crippen molar-refractivity contribution >= 4 is 29.3 Å². The first-order valence-corrected chi connectivity index (χ1v) is 12.4. The molecule has 2 heterocycles. The van der Waals surface area contributed by atoms with E-state index in [1.165, 1.54) is 11.8 Å². The number of aromatic nitrogens is 3. The maximum atomic E-state index is 12.9. The van der Waals surface area contributed by atoms with Crippen molar-refractivity contribution < 1.29 is 14.3 Å². The zero-order valence-corrected chi connectivity index (χ0v) is 20.6. The molecule has 1 aromatic heterocycles. The van der Waals surface area contributed by atoms with E-state index in [1.54, 1.807) is 0 Å². The number of morpholine rings is 1. The van der Waals surface area contributed by atoms with Gasteiger partial charge in [0.15, 0.2) is 5.16 Å². The second-order valence-electron chi connectivity index (χ2n) is 8.58. The van der Waals surface area contributed by atoms with Crippen molar-refractivity contribution in [1.82, 2.24) is 14.8 Å². The van der Waals surface area contributed by atoms with Crippen LogP contribution < -0.4 is 15.0 Å². The molecule has 1 aliphatic heterocycles. The first-order chi connectivity index (χ1) is 16.5. The van der Waals surface area contributed by atoms with Crippen LogP contribution in [0.2, 0.25) is 0 Å². The second kappa shape index (κ2) is 11.4. The van der Waals surface area contributed by atoms with Crippen LogP contribution in [0.15, 0.2) is 59.8 Å². The monoisotopic (exact) mass is 481 g/mol. The van der Waals surface area contributed by atoms with E-state index in [0.717, 1.165) is 42.2 Å². The third kappa shape index (κ3) is 6.30. The van der Waals surface area contributed by atoms with Crippen LogP contribution in [-0.2, 0) is 16.1 Å². The fourth-order valence-corrected chi connectivity index (χ4v) is 4.43. The highest BCUT2D eigenvalue weighted by Gasteiger charge is 2.24.